The lowest BCUT2D eigenvalue weighted by molar-refractivity contribution is 0.128. The molecule has 0 aromatic heterocycles. The zero-order valence-corrected chi connectivity index (χ0v) is 22.8. The van der Waals surface area contributed by atoms with Crippen molar-refractivity contribution in [3.63, 3.8) is 0 Å². The zero-order chi connectivity index (χ0) is 26.9. The van der Waals surface area contributed by atoms with Gasteiger partial charge in [-0.3, -0.25) is 0 Å². The molecule has 3 rings (SSSR count). The lowest BCUT2D eigenvalue weighted by atomic mass is 10.2. The van der Waals surface area contributed by atoms with Crippen LogP contribution in [-0.4, -0.2) is 85.6 Å². The number of methoxy groups -OCH3 is 2. The van der Waals surface area contributed by atoms with E-state index < -0.39 is 66.6 Å². The van der Waals surface area contributed by atoms with Gasteiger partial charge < -0.3 is 14.6 Å². The summed E-state index contributed by atoms with van der Waals surface area (Å²) >= 11 is 0. The van der Waals surface area contributed by atoms with E-state index in [0.29, 0.717) is 11.1 Å². The van der Waals surface area contributed by atoms with E-state index in [1.807, 2.05) is 0 Å². The van der Waals surface area contributed by atoms with Crippen molar-refractivity contribution in [2.24, 2.45) is 0 Å². The first-order chi connectivity index (χ1) is 16.7. The molecule has 1 aliphatic rings. The highest BCUT2D eigenvalue weighted by atomic mass is 32.2. The van der Waals surface area contributed by atoms with Gasteiger partial charge in [0.15, 0.2) is 9.84 Å². The third kappa shape index (κ3) is 6.01. The van der Waals surface area contributed by atoms with E-state index in [4.69, 9.17) is 9.47 Å². The highest BCUT2D eigenvalue weighted by Crippen LogP contribution is 2.31. The van der Waals surface area contributed by atoms with Crippen LogP contribution in [0.3, 0.4) is 0 Å². The fourth-order valence-corrected chi connectivity index (χ4v) is 9.09. The third-order valence-corrected chi connectivity index (χ3v) is 10.9. The summed E-state index contributed by atoms with van der Waals surface area (Å²) in [5, 5.41) is 10.5. The standard InChI is InChI=1S/C22H30N2O9S3/c1-15-5-7-19(32-3)21(11-15)35(28,29)23-9-10-24(17-13-34(26,27)14-18(17)25)36(30,31)22-12-16(2)6-8-20(22)33-4/h5-8,11-12,17-18,23,25H,9-10,13-14H2,1-4H3/t17-,18+/m0/s1. The summed E-state index contributed by atoms with van der Waals surface area (Å²) in [4.78, 5) is -0.340. The van der Waals surface area contributed by atoms with Gasteiger partial charge in [-0.15, -0.1) is 0 Å². The van der Waals surface area contributed by atoms with Crippen molar-refractivity contribution in [1.29, 1.82) is 0 Å². The maximum Gasteiger partial charge on any atom is 0.247 e. The Morgan fingerprint density at radius 2 is 1.47 bits per heavy atom. The number of benzene rings is 2. The number of sulfone groups is 1. The average Bonchev–Trinajstić information content (AvgIpc) is 3.08. The highest BCUT2D eigenvalue weighted by Gasteiger charge is 2.45. The molecule has 0 amide bonds. The molecule has 1 heterocycles. The van der Waals surface area contributed by atoms with Crippen LogP contribution in [0.15, 0.2) is 46.2 Å². The molecule has 0 spiro atoms. The fraction of sp³-hybridized carbons (Fsp3) is 0.455. The van der Waals surface area contributed by atoms with E-state index in [1.165, 1.54) is 38.5 Å². The minimum absolute atomic E-state index is 0.0334. The van der Waals surface area contributed by atoms with Crippen molar-refractivity contribution in [3.8, 4) is 11.5 Å². The molecule has 0 bridgehead atoms. The molecule has 0 aliphatic carbocycles. The van der Waals surface area contributed by atoms with Crippen molar-refractivity contribution in [1.82, 2.24) is 9.03 Å². The number of aliphatic hydroxyl groups is 1. The van der Waals surface area contributed by atoms with Gasteiger partial charge in [0.05, 0.1) is 37.9 Å². The van der Waals surface area contributed by atoms with Gasteiger partial charge in [-0.05, 0) is 49.2 Å². The molecule has 1 aliphatic heterocycles. The molecular weight excluding hydrogens is 532 g/mol. The second kappa shape index (κ2) is 10.6. The molecule has 0 radical (unpaired) electrons. The Balaban J connectivity index is 1.97. The molecule has 36 heavy (non-hydrogen) atoms. The quantitative estimate of drug-likeness (QED) is 0.420. The Bertz CT molecular complexity index is 1440. The minimum atomic E-state index is -4.41. The summed E-state index contributed by atoms with van der Waals surface area (Å²) in [6.07, 6.45) is -1.48. The van der Waals surface area contributed by atoms with Gasteiger partial charge in [-0.2, -0.15) is 4.31 Å². The SMILES string of the molecule is COc1ccc(C)cc1S(=O)(=O)NCCN([C@H]1CS(=O)(=O)C[C@H]1O)S(=O)(=O)c1cc(C)ccc1OC. The Labute approximate surface area is 212 Å². The minimum Gasteiger partial charge on any atom is -0.495 e. The molecule has 14 heteroatoms. The number of ether oxygens (including phenoxy) is 2. The van der Waals surface area contributed by atoms with Crippen molar-refractivity contribution in [3.05, 3.63) is 47.5 Å². The van der Waals surface area contributed by atoms with Crippen molar-refractivity contribution in [2.45, 2.75) is 35.8 Å². The number of rotatable bonds is 10. The van der Waals surface area contributed by atoms with Crippen molar-refractivity contribution >= 4 is 29.9 Å². The highest BCUT2D eigenvalue weighted by molar-refractivity contribution is 7.92. The zero-order valence-electron chi connectivity index (χ0n) is 20.3. The van der Waals surface area contributed by atoms with Gasteiger partial charge in [-0.1, -0.05) is 12.1 Å². The number of aryl methyl sites for hydroxylation is 2. The van der Waals surface area contributed by atoms with Gasteiger partial charge in [0.2, 0.25) is 20.0 Å². The lowest BCUT2D eigenvalue weighted by Gasteiger charge is -2.30. The van der Waals surface area contributed by atoms with Gasteiger partial charge in [0.25, 0.3) is 0 Å². The van der Waals surface area contributed by atoms with E-state index in [9.17, 15) is 30.4 Å². The fourth-order valence-electron chi connectivity index (χ4n) is 4.02. The normalized spacial score (nSPS) is 19.9. The molecule has 2 N–H and O–H groups in total. The number of aliphatic hydroxyl groups excluding tert-OH is 1. The molecule has 200 valence electrons. The van der Waals surface area contributed by atoms with Crippen LogP contribution in [0.1, 0.15) is 11.1 Å². The summed E-state index contributed by atoms with van der Waals surface area (Å²) in [6, 6.07) is 7.80. The van der Waals surface area contributed by atoms with E-state index in [-0.39, 0.29) is 21.3 Å². The van der Waals surface area contributed by atoms with Crippen LogP contribution in [0, 0.1) is 13.8 Å². The first-order valence-electron chi connectivity index (χ1n) is 10.9. The molecule has 2 aromatic carbocycles. The van der Waals surface area contributed by atoms with Gasteiger partial charge in [-0.25, -0.2) is 30.0 Å². The largest absolute Gasteiger partial charge is 0.495 e. The van der Waals surface area contributed by atoms with Crippen LogP contribution in [0.5, 0.6) is 11.5 Å². The van der Waals surface area contributed by atoms with E-state index in [0.717, 1.165) is 4.31 Å². The number of nitrogens with zero attached hydrogens (tertiary/aromatic N) is 1. The third-order valence-electron chi connectivity index (χ3n) is 5.80. The Kier molecular flexibility index (Phi) is 8.37. The summed E-state index contributed by atoms with van der Waals surface area (Å²) in [5.41, 5.74) is 1.28. The van der Waals surface area contributed by atoms with Crippen LogP contribution in [0.2, 0.25) is 0 Å². The molecule has 2 aromatic rings. The second-order valence-electron chi connectivity index (χ2n) is 8.53. The average molecular weight is 563 g/mol. The Morgan fingerprint density at radius 1 is 0.944 bits per heavy atom. The first kappa shape index (κ1) is 28.3. The summed E-state index contributed by atoms with van der Waals surface area (Å²) < 4.78 is 91.3. The van der Waals surface area contributed by atoms with E-state index in [2.05, 4.69) is 4.72 Å². The van der Waals surface area contributed by atoms with E-state index in [1.54, 1.807) is 26.0 Å². The molecular formula is C22H30N2O9S3. The molecule has 1 saturated heterocycles. The van der Waals surface area contributed by atoms with Crippen LogP contribution in [0.25, 0.3) is 0 Å². The second-order valence-corrected chi connectivity index (χ2v) is 14.3. The van der Waals surface area contributed by atoms with Crippen LogP contribution in [-0.2, 0) is 29.9 Å². The van der Waals surface area contributed by atoms with Crippen molar-refractivity contribution in [2.75, 3.05) is 38.8 Å². The smallest absolute Gasteiger partial charge is 0.247 e. The van der Waals surface area contributed by atoms with E-state index >= 15 is 0 Å². The topological polar surface area (TPSA) is 156 Å². The van der Waals surface area contributed by atoms with Crippen LogP contribution < -0.4 is 14.2 Å². The number of hydrogen-bond acceptors (Lipinski definition) is 9. The summed E-state index contributed by atoms with van der Waals surface area (Å²) in [5.74, 6) is -1.05. The predicted molar refractivity (Wildman–Crippen MR) is 133 cm³/mol. The Morgan fingerprint density at radius 3 is 1.97 bits per heavy atom. The predicted octanol–water partition coefficient (Wildman–Crippen LogP) is 0.448. The molecule has 2 atom stereocenters. The summed E-state index contributed by atoms with van der Waals surface area (Å²) in [7, 11) is -9.61. The molecule has 0 saturated carbocycles. The lowest BCUT2D eigenvalue weighted by Crippen LogP contribution is -2.49. The molecule has 11 nitrogen and oxygen atoms in total. The number of sulfonamides is 2. The van der Waals surface area contributed by atoms with Gasteiger partial charge in [0, 0.05) is 13.1 Å². The van der Waals surface area contributed by atoms with Crippen molar-refractivity contribution < 1.29 is 39.8 Å². The molecule has 1 fully saturated rings. The number of nitrogens with one attached hydrogen (secondary N) is 1. The summed E-state index contributed by atoms with van der Waals surface area (Å²) in [6.45, 7) is 2.56. The van der Waals surface area contributed by atoms with Gasteiger partial charge in [0.1, 0.15) is 21.3 Å². The Hall–Kier alpha value is -2.23. The van der Waals surface area contributed by atoms with Gasteiger partial charge >= 0.3 is 0 Å². The maximum absolute atomic E-state index is 13.7. The first-order valence-corrected chi connectivity index (χ1v) is 15.7. The van der Waals surface area contributed by atoms with Crippen LogP contribution in [0.4, 0.5) is 0 Å². The van der Waals surface area contributed by atoms with Crippen LogP contribution >= 0.6 is 0 Å². The number of hydrogen-bond donors (Lipinski definition) is 2. The monoisotopic (exact) mass is 562 g/mol. The molecule has 0 unspecified atom stereocenters. The maximum atomic E-state index is 13.7.